The van der Waals surface area contributed by atoms with Crippen molar-refractivity contribution in [1.29, 1.82) is 0 Å². The van der Waals surface area contributed by atoms with Crippen LogP contribution in [-0.4, -0.2) is 14.1 Å². The molecule has 3 aromatic rings. The monoisotopic (exact) mass is 586 g/mol. The minimum Gasteiger partial charge on any atom is -0.147 e. The van der Waals surface area contributed by atoms with Gasteiger partial charge in [0.2, 0.25) is 0 Å². The number of hydrogen-bond donors (Lipinski definition) is 0. The van der Waals surface area contributed by atoms with Crippen LogP contribution in [-0.2, 0) is 17.8 Å². The predicted molar refractivity (Wildman–Crippen MR) is 166 cm³/mol. The van der Waals surface area contributed by atoms with E-state index in [-0.39, 0.29) is 30.2 Å². The number of hydrogen-bond acceptors (Lipinski definition) is 1. The van der Waals surface area contributed by atoms with Gasteiger partial charge in [-0.15, -0.1) is 24.8 Å². The SMILES string of the molecule is Cc1c(C)c([SiH3])c(C)c([O][Ti]([C]2=C(C(C)(C)C)C=CC2)=[C](c2ccccc2)c2ccccc2)c1C.Cl.Cl. The van der Waals surface area contributed by atoms with Crippen LogP contribution < -0.4 is 8.51 Å². The standard InChI is InChI=1S/C13H10.C10H16OSi.C9H13.2ClH.Ti/c1-3-7-12(8-4-1)11-13-9-5-2-6-10-13;1-5-6(2)9(11)8(4)10(12)7(5)3;1-9(2,3)8-6-4-5-7-8;;;/h1-10H;11H,1-4,12H3;4,6H,5H2,1-3H3;2*1H;/q;;;;;+1/p-1. The molecule has 0 heterocycles. The molecular formula is C32H40Cl2OSiTi. The Balaban J connectivity index is 0.00000241. The van der Waals surface area contributed by atoms with Crippen molar-refractivity contribution in [2.75, 3.05) is 0 Å². The molecular weight excluding hydrogens is 547 g/mol. The molecule has 0 radical (unpaired) electrons. The molecule has 0 saturated carbocycles. The molecule has 1 aliphatic rings. The van der Waals surface area contributed by atoms with E-state index in [1.807, 2.05) is 0 Å². The summed E-state index contributed by atoms with van der Waals surface area (Å²) in [4.78, 5) is 0. The van der Waals surface area contributed by atoms with Crippen molar-refractivity contribution >= 4 is 44.1 Å². The molecule has 5 heteroatoms. The predicted octanol–water partition coefficient (Wildman–Crippen LogP) is 7.20. The van der Waals surface area contributed by atoms with Gasteiger partial charge < -0.3 is 0 Å². The quantitative estimate of drug-likeness (QED) is 0.287. The first-order valence-electron chi connectivity index (χ1n) is 12.6. The maximum Gasteiger partial charge on any atom is -0.147 e. The Morgan fingerprint density at radius 2 is 1.27 bits per heavy atom. The first-order valence-corrected chi connectivity index (χ1v) is 15.8. The molecule has 0 saturated heterocycles. The molecule has 0 atom stereocenters. The van der Waals surface area contributed by atoms with E-state index in [1.54, 1.807) is 0 Å². The molecule has 0 aliphatic heterocycles. The summed E-state index contributed by atoms with van der Waals surface area (Å²) < 4.78 is 10.4. The van der Waals surface area contributed by atoms with Gasteiger partial charge in [0.05, 0.1) is 0 Å². The van der Waals surface area contributed by atoms with Gasteiger partial charge in [-0.3, -0.25) is 0 Å². The Hall–Kier alpha value is -1.68. The molecule has 0 amide bonds. The van der Waals surface area contributed by atoms with Gasteiger partial charge in [-0.1, -0.05) is 0 Å². The molecule has 37 heavy (non-hydrogen) atoms. The van der Waals surface area contributed by atoms with E-state index in [0.717, 1.165) is 22.4 Å². The van der Waals surface area contributed by atoms with Crippen molar-refractivity contribution < 1.29 is 21.1 Å². The molecule has 1 aliphatic carbocycles. The zero-order valence-corrected chi connectivity index (χ0v) is 28.6. The van der Waals surface area contributed by atoms with Gasteiger partial charge in [-0.2, -0.15) is 0 Å². The molecule has 4 rings (SSSR count). The Bertz CT molecular complexity index is 1280. The largest absolute Gasteiger partial charge is 0.147 e. The first kappa shape index (κ1) is 31.5. The summed E-state index contributed by atoms with van der Waals surface area (Å²) in [5.41, 5.74) is 9.57. The smallest absolute Gasteiger partial charge is 0.147 e. The van der Waals surface area contributed by atoms with Crippen molar-refractivity contribution in [3.63, 3.8) is 0 Å². The molecule has 0 bridgehead atoms. The molecule has 3 aromatic carbocycles. The van der Waals surface area contributed by atoms with Crippen LogP contribution in [0.25, 0.3) is 0 Å². The molecule has 0 fully saturated rings. The number of rotatable bonds is 5. The van der Waals surface area contributed by atoms with Crippen molar-refractivity contribution in [3.05, 3.63) is 116 Å². The minimum absolute atomic E-state index is 0. The van der Waals surface area contributed by atoms with Gasteiger partial charge in [0, 0.05) is 0 Å². The summed E-state index contributed by atoms with van der Waals surface area (Å²) in [6, 6.07) is 21.9. The van der Waals surface area contributed by atoms with Gasteiger partial charge in [0.15, 0.2) is 0 Å². The Kier molecular flexibility index (Phi) is 11.0. The number of benzene rings is 3. The molecule has 196 valence electrons. The second kappa shape index (κ2) is 12.9. The van der Waals surface area contributed by atoms with Gasteiger partial charge in [0.1, 0.15) is 0 Å². The zero-order valence-electron chi connectivity index (χ0n) is 23.4. The van der Waals surface area contributed by atoms with Crippen molar-refractivity contribution in [1.82, 2.24) is 0 Å². The second-order valence-corrected chi connectivity index (χ2v) is 14.8. The van der Waals surface area contributed by atoms with Crippen molar-refractivity contribution in [3.8, 4) is 5.75 Å². The summed E-state index contributed by atoms with van der Waals surface area (Å²) in [6.45, 7) is 16.0. The average Bonchev–Trinajstić information content (AvgIpc) is 3.35. The molecule has 0 spiro atoms. The van der Waals surface area contributed by atoms with E-state index >= 15 is 0 Å². The van der Waals surface area contributed by atoms with E-state index in [1.165, 1.54) is 51.8 Å². The number of halogens is 2. The molecule has 1 nitrogen and oxygen atoms in total. The second-order valence-electron chi connectivity index (χ2n) is 10.7. The average molecular weight is 588 g/mol. The van der Waals surface area contributed by atoms with Crippen LogP contribution in [0, 0.1) is 33.1 Å². The van der Waals surface area contributed by atoms with Gasteiger partial charge in [-0.25, -0.2) is 0 Å². The van der Waals surface area contributed by atoms with Crippen LogP contribution >= 0.6 is 24.8 Å². The third-order valence-corrected chi connectivity index (χ3v) is 12.8. The van der Waals surface area contributed by atoms with Crippen LogP contribution in [0.3, 0.4) is 0 Å². The maximum atomic E-state index is 7.43. The molecule has 0 N–H and O–H groups in total. The Morgan fingerprint density at radius 3 is 1.76 bits per heavy atom. The summed E-state index contributed by atoms with van der Waals surface area (Å²) in [7, 11) is 1.03. The maximum absolute atomic E-state index is 7.43. The zero-order chi connectivity index (χ0) is 25.3. The molecule has 0 unspecified atom stereocenters. The minimum atomic E-state index is -2.49. The van der Waals surface area contributed by atoms with Crippen molar-refractivity contribution in [2.24, 2.45) is 5.41 Å². The van der Waals surface area contributed by atoms with Crippen LogP contribution in [0.5, 0.6) is 5.75 Å². The van der Waals surface area contributed by atoms with Crippen molar-refractivity contribution in [2.45, 2.75) is 54.9 Å². The van der Waals surface area contributed by atoms with Crippen LogP contribution in [0.15, 0.2) is 82.3 Å². The van der Waals surface area contributed by atoms with E-state index in [0.29, 0.717) is 0 Å². The van der Waals surface area contributed by atoms with Gasteiger partial charge >= 0.3 is 222 Å². The number of allylic oxidation sites excluding steroid dienone is 4. The van der Waals surface area contributed by atoms with Crippen LogP contribution in [0.4, 0.5) is 0 Å². The third kappa shape index (κ3) is 6.49. The van der Waals surface area contributed by atoms with E-state index < -0.39 is 17.8 Å². The normalized spacial score (nSPS) is 12.7. The van der Waals surface area contributed by atoms with Crippen LogP contribution in [0.1, 0.15) is 60.6 Å². The summed E-state index contributed by atoms with van der Waals surface area (Å²) in [5, 5.41) is 1.48. The van der Waals surface area contributed by atoms with E-state index in [4.69, 9.17) is 3.32 Å². The summed E-state index contributed by atoms with van der Waals surface area (Å²) >= 11 is -2.49. The van der Waals surface area contributed by atoms with E-state index in [2.05, 4.69) is 121 Å². The fraction of sp³-hybridized carbons (Fsp3) is 0.281. The van der Waals surface area contributed by atoms with Crippen LogP contribution in [0.2, 0.25) is 0 Å². The third-order valence-electron chi connectivity index (χ3n) is 7.50. The summed E-state index contributed by atoms with van der Waals surface area (Å²) in [5.74, 6) is 1.13. The van der Waals surface area contributed by atoms with E-state index in [9.17, 15) is 0 Å². The Labute approximate surface area is 245 Å². The Morgan fingerprint density at radius 1 is 0.757 bits per heavy atom. The first-order chi connectivity index (χ1) is 16.6. The van der Waals surface area contributed by atoms with Gasteiger partial charge in [-0.05, 0) is 0 Å². The fourth-order valence-corrected chi connectivity index (χ4v) is 10.2. The summed E-state index contributed by atoms with van der Waals surface area (Å²) in [6.07, 6.45) is 5.69. The topological polar surface area (TPSA) is 9.23 Å². The fourth-order valence-electron chi connectivity index (χ4n) is 5.05. The molecule has 0 aromatic heterocycles. The van der Waals surface area contributed by atoms with Gasteiger partial charge in [0.25, 0.3) is 0 Å².